The van der Waals surface area contributed by atoms with Crippen molar-refractivity contribution in [3.63, 3.8) is 0 Å². The van der Waals surface area contributed by atoms with Gasteiger partial charge in [0.15, 0.2) is 0 Å². The average molecular weight is 277 g/mol. The summed E-state index contributed by atoms with van der Waals surface area (Å²) in [5, 5.41) is 11.5. The van der Waals surface area contributed by atoms with Gasteiger partial charge in [-0.1, -0.05) is 19.8 Å². The summed E-state index contributed by atoms with van der Waals surface area (Å²) in [7, 11) is 0. The number of amides is 1. The van der Waals surface area contributed by atoms with Gasteiger partial charge in [-0.15, -0.1) is 0 Å². The molecule has 0 aromatic rings. The van der Waals surface area contributed by atoms with Gasteiger partial charge in [-0.2, -0.15) is 0 Å². The van der Waals surface area contributed by atoms with E-state index in [4.69, 9.17) is 5.11 Å². The molecule has 1 saturated carbocycles. The molecular formula is C13H21F2NO3. The first kappa shape index (κ1) is 15.9. The Morgan fingerprint density at radius 1 is 1.37 bits per heavy atom. The Bertz CT molecular complexity index is 324. The lowest BCUT2D eigenvalue weighted by molar-refractivity contribution is -0.143. The molecule has 4 nitrogen and oxygen atoms in total. The second-order valence-corrected chi connectivity index (χ2v) is 5.17. The molecule has 0 saturated heterocycles. The zero-order chi connectivity index (χ0) is 14.5. The third kappa shape index (κ3) is 5.12. The molecule has 1 aliphatic rings. The molecule has 0 aromatic heterocycles. The molecule has 19 heavy (non-hydrogen) atoms. The van der Waals surface area contributed by atoms with Crippen LogP contribution in [-0.2, 0) is 9.59 Å². The van der Waals surface area contributed by atoms with Crippen molar-refractivity contribution in [2.24, 2.45) is 5.92 Å². The van der Waals surface area contributed by atoms with Crippen molar-refractivity contribution < 1.29 is 23.5 Å². The van der Waals surface area contributed by atoms with E-state index in [1.165, 1.54) is 0 Å². The van der Waals surface area contributed by atoms with Crippen molar-refractivity contribution in [2.45, 2.75) is 63.8 Å². The maximum Gasteiger partial charge on any atom is 0.326 e. The highest BCUT2D eigenvalue weighted by molar-refractivity contribution is 5.85. The fourth-order valence-electron chi connectivity index (χ4n) is 2.26. The molecule has 0 aromatic carbocycles. The maximum absolute atomic E-state index is 13.0. The van der Waals surface area contributed by atoms with Crippen LogP contribution in [0.2, 0.25) is 0 Å². The van der Waals surface area contributed by atoms with Gasteiger partial charge in [0.1, 0.15) is 6.04 Å². The maximum atomic E-state index is 13.0. The molecule has 1 atom stereocenters. The van der Waals surface area contributed by atoms with Crippen molar-refractivity contribution in [2.75, 3.05) is 0 Å². The molecule has 1 fully saturated rings. The number of alkyl halides is 2. The van der Waals surface area contributed by atoms with Crippen LogP contribution in [0.5, 0.6) is 0 Å². The quantitative estimate of drug-likeness (QED) is 0.784. The van der Waals surface area contributed by atoms with Gasteiger partial charge in [-0.05, 0) is 19.3 Å². The first-order valence-corrected chi connectivity index (χ1v) is 6.76. The highest BCUT2D eigenvalue weighted by atomic mass is 19.3. The lowest BCUT2D eigenvalue weighted by Gasteiger charge is -2.28. The zero-order valence-corrected chi connectivity index (χ0v) is 11.1. The molecule has 0 bridgehead atoms. The van der Waals surface area contributed by atoms with E-state index in [0.29, 0.717) is 12.8 Å². The first-order chi connectivity index (χ1) is 8.85. The molecule has 2 N–H and O–H groups in total. The van der Waals surface area contributed by atoms with E-state index in [0.717, 1.165) is 6.42 Å². The fourth-order valence-corrected chi connectivity index (χ4v) is 2.26. The molecule has 1 amide bonds. The van der Waals surface area contributed by atoms with Crippen molar-refractivity contribution >= 4 is 11.9 Å². The van der Waals surface area contributed by atoms with Crippen LogP contribution >= 0.6 is 0 Å². The number of halogens is 2. The second-order valence-electron chi connectivity index (χ2n) is 5.17. The lowest BCUT2D eigenvalue weighted by atomic mass is 9.86. The van der Waals surface area contributed by atoms with Crippen LogP contribution in [-0.4, -0.2) is 28.9 Å². The topological polar surface area (TPSA) is 66.4 Å². The number of rotatable bonds is 6. The highest BCUT2D eigenvalue weighted by Gasteiger charge is 2.38. The molecule has 1 aliphatic carbocycles. The molecule has 0 spiro atoms. The summed E-state index contributed by atoms with van der Waals surface area (Å²) < 4.78 is 25.9. The summed E-state index contributed by atoms with van der Waals surface area (Å²) in [5.74, 6) is -4.63. The molecular weight excluding hydrogens is 256 g/mol. The number of carboxylic acid groups (broad SMARTS) is 1. The van der Waals surface area contributed by atoms with Crippen LogP contribution in [0.4, 0.5) is 8.78 Å². The van der Waals surface area contributed by atoms with Gasteiger partial charge in [-0.25, -0.2) is 13.6 Å². The van der Waals surface area contributed by atoms with Crippen LogP contribution < -0.4 is 5.32 Å². The summed E-state index contributed by atoms with van der Waals surface area (Å²) in [5.41, 5.74) is 0. The van der Waals surface area contributed by atoms with Crippen LogP contribution in [0, 0.1) is 5.92 Å². The minimum Gasteiger partial charge on any atom is -0.480 e. The average Bonchev–Trinajstić information content (AvgIpc) is 2.33. The van der Waals surface area contributed by atoms with Crippen molar-refractivity contribution in [3.8, 4) is 0 Å². The van der Waals surface area contributed by atoms with E-state index in [1.54, 1.807) is 0 Å². The van der Waals surface area contributed by atoms with Gasteiger partial charge in [0.2, 0.25) is 11.8 Å². The normalized spacial score (nSPS) is 20.8. The molecule has 110 valence electrons. The summed E-state index contributed by atoms with van der Waals surface area (Å²) in [4.78, 5) is 22.9. The van der Waals surface area contributed by atoms with E-state index < -0.39 is 29.8 Å². The minimum atomic E-state index is -2.68. The van der Waals surface area contributed by atoms with Gasteiger partial charge in [-0.3, -0.25) is 4.79 Å². The summed E-state index contributed by atoms with van der Waals surface area (Å²) in [6.07, 6.45) is 1.59. The molecule has 0 aliphatic heterocycles. The number of carbonyl (C=O) groups is 2. The fraction of sp³-hybridized carbons (Fsp3) is 0.846. The number of carbonyl (C=O) groups excluding carboxylic acids is 1. The zero-order valence-electron chi connectivity index (χ0n) is 11.1. The Morgan fingerprint density at radius 2 is 1.95 bits per heavy atom. The van der Waals surface area contributed by atoms with Gasteiger partial charge in [0.25, 0.3) is 0 Å². The predicted molar refractivity (Wildman–Crippen MR) is 66.0 cm³/mol. The number of carboxylic acids is 1. The number of hydrogen-bond acceptors (Lipinski definition) is 2. The molecule has 0 heterocycles. The molecule has 1 rings (SSSR count). The Kier molecular flexibility index (Phi) is 5.69. The molecule has 0 unspecified atom stereocenters. The first-order valence-electron chi connectivity index (χ1n) is 6.76. The highest BCUT2D eigenvalue weighted by Crippen LogP contribution is 2.36. The van der Waals surface area contributed by atoms with Gasteiger partial charge in [0, 0.05) is 18.8 Å². The number of hydrogen-bond donors (Lipinski definition) is 2. The third-order valence-corrected chi connectivity index (χ3v) is 3.55. The minimum absolute atomic E-state index is 0.124. The SMILES string of the molecule is CCCC[C@H](NC(=O)C1CCC(F)(F)CC1)C(=O)O. The van der Waals surface area contributed by atoms with E-state index in [-0.39, 0.29) is 25.7 Å². The van der Waals surface area contributed by atoms with E-state index in [9.17, 15) is 18.4 Å². The van der Waals surface area contributed by atoms with E-state index in [1.807, 2.05) is 6.92 Å². The summed E-state index contributed by atoms with van der Waals surface area (Å²) in [6, 6.07) is -0.908. The van der Waals surface area contributed by atoms with Gasteiger partial charge in [0.05, 0.1) is 0 Å². The van der Waals surface area contributed by atoms with Crippen LogP contribution in [0.15, 0.2) is 0 Å². The van der Waals surface area contributed by atoms with Crippen molar-refractivity contribution in [1.82, 2.24) is 5.32 Å². The molecule has 6 heteroatoms. The Balaban J connectivity index is 2.46. The lowest BCUT2D eigenvalue weighted by Crippen LogP contribution is -2.45. The van der Waals surface area contributed by atoms with Crippen LogP contribution in [0.1, 0.15) is 51.9 Å². The predicted octanol–water partition coefficient (Wildman–Crippen LogP) is 2.57. The monoisotopic (exact) mass is 277 g/mol. The van der Waals surface area contributed by atoms with E-state index >= 15 is 0 Å². The van der Waals surface area contributed by atoms with Crippen molar-refractivity contribution in [1.29, 1.82) is 0 Å². The standard InChI is InChI=1S/C13H21F2NO3/c1-2-3-4-10(12(18)19)16-11(17)9-5-7-13(14,15)8-6-9/h9-10H,2-8H2,1H3,(H,16,17)(H,18,19)/t10-/m0/s1. The van der Waals surface area contributed by atoms with E-state index in [2.05, 4.69) is 5.32 Å². The Morgan fingerprint density at radius 3 is 2.42 bits per heavy atom. The van der Waals surface area contributed by atoms with Crippen LogP contribution in [0.3, 0.4) is 0 Å². The largest absolute Gasteiger partial charge is 0.480 e. The number of aliphatic carboxylic acids is 1. The number of unbranched alkanes of at least 4 members (excludes halogenated alkanes) is 1. The summed E-state index contributed by atoms with van der Waals surface area (Å²) in [6.45, 7) is 1.93. The second kappa shape index (κ2) is 6.82. The number of nitrogens with one attached hydrogen (secondary N) is 1. The van der Waals surface area contributed by atoms with Crippen LogP contribution in [0.25, 0.3) is 0 Å². The molecule has 0 radical (unpaired) electrons. The summed E-state index contributed by atoms with van der Waals surface area (Å²) >= 11 is 0. The van der Waals surface area contributed by atoms with Gasteiger partial charge >= 0.3 is 5.97 Å². The smallest absolute Gasteiger partial charge is 0.326 e. The Hall–Kier alpha value is -1.20. The van der Waals surface area contributed by atoms with Gasteiger partial charge < -0.3 is 10.4 Å². The Labute approximate surface area is 111 Å². The third-order valence-electron chi connectivity index (χ3n) is 3.55. The van der Waals surface area contributed by atoms with Crippen molar-refractivity contribution in [3.05, 3.63) is 0 Å².